The highest BCUT2D eigenvalue weighted by Gasteiger charge is 2.39. The van der Waals surface area contributed by atoms with Crippen LogP contribution in [-0.4, -0.2) is 18.0 Å². The average molecular weight is 366 g/mol. The third kappa shape index (κ3) is 4.55. The highest BCUT2D eigenvalue weighted by atomic mass is 35.5. The van der Waals surface area contributed by atoms with Gasteiger partial charge in [-0.1, -0.05) is 23.7 Å². The number of benzene rings is 2. The van der Waals surface area contributed by atoms with E-state index in [1.54, 1.807) is 12.1 Å². The van der Waals surface area contributed by atoms with Crippen LogP contribution in [0.25, 0.3) is 0 Å². The first-order valence-electron chi connectivity index (χ1n) is 8.30. The average Bonchev–Trinajstić information content (AvgIpc) is 3.41. The van der Waals surface area contributed by atoms with Crippen LogP contribution >= 0.6 is 11.6 Å². The van der Waals surface area contributed by atoms with Gasteiger partial charge in [0.1, 0.15) is 18.2 Å². The smallest absolute Gasteiger partial charge is 0.282 e. The van der Waals surface area contributed by atoms with Crippen LogP contribution in [0.1, 0.15) is 25.3 Å². The van der Waals surface area contributed by atoms with Crippen molar-refractivity contribution < 1.29 is 18.5 Å². The summed E-state index contributed by atoms with van der Waals surface area (Å²) >= 11 is 5.98. The molecule has 2 N–H and O–H groups in total. The summed E-state index contributed by atoms with van der Waals surface area (Å²) in [6.07, 6.45) is 2.15. The predicted molar refractivity (Wildman–Crippen MR) is 93.6 cm³/mol. The summed E-state index contributed by atoms with van der Waals surface area (Å²) in [5.74, 6) is -0.886. The van der Waals surface area contributed by atoms with Gasteiger partial charge in [0.25, 0.3) is 5.91 Å². The molecule has 0 saturated heterocycles. The van der Waals surface area contributed by atoms with Gasteiger partial charge >= 0.3 is 0 Å². The molecule has 0 bridgehead atoms. The number of anilines is 1. The highest BCUT2D eigenvalue weighted by molar-refractivity contribution is 6.33. The Hall–Kier alpha value is -1.98. The van der Waals surface area contributed by atoms with Gasteiger partial charge in [0.2, 0.25) is 0 Å². The van der Waals surface area contributed by atoms with Crippen molar-refractivity contribution in [1.29, 1.82) is 0 Å². The highest BCUT2D eigenvalue weighted by Crippen LogP contribution is 2.22. The van der Waals surface area contributed by atoms with Crippen molar-refractivity contribution in [3.63, 3.8) is 0 Å². The largest absolute Gasteiger partial charge is 0.320 e. The van der Waals surface area contributed by atoms with E-state index in [0.29, 0.717) is 18.3 Å². The monoisotopic (exact) mass is 365 g/mol. The second kappa shape index (κ2) is 7.50. The number of carbonyl (C=O) groups excluding carboxylic acids is 1. The van der Waals surface area contributed by atoms with Crippen LogP contribution in [0.4, 0.5) is 14.5 Å². The maximum Gasteiger partial charge on any atom is 0.282 e. The summed E-state index contributed by atoms with van der Waals surface area (Å²) in [5, 5.41) is 2.95. The number of hydrogen-bond donors (Lipinski definition) is 2. The zero-order valence-electron chi connectivity index (χ0n) is 13.9. The van der Waals surface area contributed by atoms with Crippen LogP contribution < -0.4 is 10.2 Å². The van der Waals surface area contributed by atoms with Crippen molar-refractivity contribution in [1.82, 2.24) is 0 Å². The SMILES string of the molecule is C[C@@H](C(=O)Nc1ccc(F)cc1Cl)[NH+](Cc1ccc(F)cc1)C1CC1. The van der Waals surface area contributed by atoms with E-state index in [-0.39, 0.29) is 22.8 Å². The maximum absolute atomic E-state index is 13.1. The fourth-order valence-corrected chi connectivity index (χ4v) is 3.16. The van der Waals surface area contributed by atoms with Gasteiger partial charge in [-0.15, -0.1) is 0 Å². The summed E-state index contributed by atoms with van der Waals surface area (Å²) in [4.78, 5) is 13.8. The van der Waals surface area contributed by atoms with Crippen LogP contribution in [0.2, 0.25) is 5.02 Å². The summed E-state index contributed by atoms with van der Waals surface area (Å²) < 4.78 is 26.2. The van der Waals surface area contributed by atoms with Gasteiger partial charge in [-0.05, 0) is 37.3 Å². The Morgan fingerprint density at radius 3 is 2.44 bits per heavy atom. The molecule has 25 heavy (non-hydrogen) atoms. The Bertz CT molecular complexity index is 763. The molecule has 1 fully saturated rings. The van der Waals surface area contributed by atoms with Crippen LogP contribution in [-0.2, 0) is 11.3 Å². The van der Waals surface area contributed by atoms with Crippen LogP contribution in [0.15, 0.2) is 42.5 Å². The minimum Gasteiger partial charge on any atom is -0.320 e. The zero-order chi connectivity index (χ0) is 18.0. The lowest BCUT2D eigenvalue weighted by molar-refractivity contribution is -0.938. The first-order chi connectivity index (χ1) is 11.9. The fourth-order valence-electron chi connectivity index (χ4n) is 2.94. The maximum atomic E-state index is 13.1. The lowest BCUT2D eigenvalue weighted by atomic mass is 10.1. The van der Waals surface area contributed by atoms with E-state index in [2.05, 4.69) is 5.32 Å². The summed E-state index contributed by atoms with van der Waals surface area (Å²) in [7, 11) is 0. The standard InChI is InChI=1S/C19H19ClF2N2O/c1-12(19(25)23-18-9-6-15(22)10-17(18)20)24(16-7-8-16)11-13-2-4-14(21)5-3-13/h2-6,9-10,12,16H,7-8,11H2,1H3,(H,23,25)/p+1/t12-/m0/s1. The molecular weight excluding hydrogens is 346 g/mol. The van der Waals surface area contributed by atoms with E-state index in [4.69, 9.17) is 11.6 Å². The molecule has 6 heteroatoms. The summed E-state index contributed by atoms with van der Waals surface area (Å²) in [6.45, 7) is 2.51. The Morgan fingerprint density at radius 2 is 1.84 bits per heavy atom. The van der Waals surface area contributed by atoms with Crippen molar-refractivity contribution >= 4 is 23.2 Å². The van der Waals surface area contributed by atoms with Crippen molar-refractivity contribution in [2.45, 2.75) is 38.4 Å². The molecule has 2 aromatic carbocycles. The Kier molecular flexibility index (Phi) is 5.35. The van der Waals surface area contributed by atoms with Gasteiger partial charge in [0, 0.05) is 18.4 Å². The molecule has 0 heterocycles. The minimum atomic E-state index is -0.447. The number of halogens is 3. The van der Waals surface area contributed by atoms with Gasteiger partial charge in [-0.25, -0.2) is 8.78 Å². The van der Waals surface area contributed by atoms with Gasteiger partial charge in [-0.2, -0.15) is 0 Å². The predicted octanol–water partition coefficient (Wildman–Crippen LogP) is 3.19. The molecule has 132 valence electrons. The summed E-state index contributed by atoms with van der Waals surface area (Å²) in [6, 6.07) is 10.4. The number of rotatable bonds is 6. The van der Waals surface area contributed by atoms with E-state index >= 15 is 0 Å². The lowest BCUT2D eigenvalue weighted by Crippen LogP contribution is -3.16. The molecule has 0 aromatic heterocycles. The topological polar surface area (TPSA) is 33.5 Å². The zero-order valence-corrected chi connectivity index (χ0v) is 14.6. The molecule has 1 unspecified atom stereocenters. The van der Waals surface area contributed by atoms with Crippen LogP contribution in [0.3, 0.4) is 0 Å². The van der Waals surface area contributed by atoms with Crippen molar-refractivity contribution in [3.8, 4) is 0 Å². The van der Waals surface area contributed by atoms with Crippen molar-refractivity contribution in [2.24, 2.45) is 0 Å². The molecule has 0 spiro atoms. The second-order valence-corrected chi connectivity index (χ2v) is 6.89. The van der Waals surface area contributed by atoms with E-state index in [0.717, 1.165) is 23.3 Å². The number of amides is 1. The molecule has 3 nitrogen and oxygen atoms in total. The normalized spacial score (nSPS) is 16.3. The van der Waals surface area contributed by atoms with E-state index in [1.165, 1.54) is 30.3 Å². The first-order valence-corrected chi connectivity index (χ1v) is 8.68. The van der Waals surface area contributed by atoms with E-state index in [9.17, 15) is 13.6 Å². The van der Waals surface area contributed by atoms with E-state index in [1.807, 2.05) is 6.92 Å². The molecule has 1 aliphatic carbocycles. The number of nitrogens with one attached hydrogen (secondary N) is 2. The molecule has 0 aliphatic heterocycles. The molecule has 0 radical (unpaired) electrons. The van der Waals surface area contributed by atoms with Crippen molar-refractivity contribution in [3.05, 3.63) is 64.7 Å². The number of hydrogen-bond acceptors (Lipinski definition) is 1. The number of quaternary nitrogens is 1. The molecule has 1 saturated carbocycles. The molecule has 3 rings (SSSR count). The van der Waals surface area contributed by atoms with Gasteiger partial charge in [-0.3, -0.25) is 4.79 Å². The Labute approximate surface area is 150 Å². The third-order valence-corrected chi connectivity index (χ3v) is 4.87. The molecule has 2 aromatic rings. The van der Waals surface area contributed by atoms with Crippen LogP contribution in [0, 0.1) is 11.6 Å². The summed E-state index contributed by atoms with van der Waals surface area (Å²) in [5.41, 5.74) is 1.39. The second-order valence-electron chi connectivity index (χ2n) is 6.49. The van der Waals surface area contributed by atoms with Gasteiger partial charge < -0.3 is 10.2 Å². The lowest BCUT2D eigenvalue weighted by Gasteiger charge is -2.25. The molecule has 1 aliphatic rings. The Morgan fingerprint density at radius 1 is 1.20 bits per heavy atom. The first kappa shape index (κ1) is 17.8. The van der Waals surface area contributed by atoms with Crippen LogP contribution in [0.5, 0.6) is 0 Å². The quantitative estimate of drug-likeness (QED) is 0.810. The van der Waals surface area contributed by atoms with Gasteiger partial charge in [0.15, 0.2) is 6.04 Å². The van der Waals surface area contributed by atoms with Gasteiger partial charge in [0.05, 0.1) is 16.8 Å². The third-order valence-electron chi connectivity index (χ3n) is 4.56. The van der Waals surface area contributed by atoms with E-state index < -0.39 is 5.82 Å². The minimum absolute atomic E-state index is 0.169. The van der Waals surface area contributed by atoms with Crippen molar-refractivity contribution in [2.75, 3.05) is 5.32 Å². The number of carbonyl (C=O) groups is 1. The molecule has 2 atom stereocenters. The fraction of sp³-hybridized carbons (Fsp3) is 0.316. The molecular formula is C19H20ClF2N2O+. The molecule has 1 amide bonds. The Balaban J connectivity index is 1.70.